The number of anilines is 1. The Morgan fingerprint density at radius 3 is 2.35 bits per heavy atom. The Balaban J connectivity index is 1.67. The van der Waals surface area contributed by atoms with Crippen LogP contribution in [0.1, 0.15) is 47.7 Å². The molecule has 1 fully saturated rings. The summed E-state index contributed by atoms with van der Waals surface area (Å²) in [4.78, 5) is 41.9. The molecule has 0 saturated carbocycles. The van der Waals surface area contributed by atoms with Gasteiger partial charge in [0.05, 0.1) is 0 Å². The molecule has 7 heteroatoms. The third-order valence-corrected chi connectivity index (χ3v) is 6.21. The maximum absolute atomic E-state index is 13.4. The van der Waals surface area contributed by atoms with Crippen LogP contribution in [-0.4, -0.2) is 46.7 Å². The van der Waals surface area contributed by atoms with Gasteiger partial charge in [-0.25, -0.2) is 0 Å². The van der Waals surface area contributed by atoms with Crippen molar-refractivity contribution in [2.75, 3.05) is 18.4 Å². The van der Waals surface area contributed by atoms with Crippen molar-refractivity contribution in [1.29, 1.82) is 0 Å². The number of hydrogen-bond donors (Lipinski definition) is 1. The van der Waals surface area contributed by atoms with Gasteiger partial charge in [0.25, 0.3) is 5.91 Å². The van der Waals surface area contributed by atoms with Gasteiger partial charge < -0.3 is 15.1 Å². The van der Waals surface area contributed by atoms with E-state index in [1.807, 2.05) is 23.1 Å². The van der Waals surface area contributed by atoms with E-state index < -0.39 is 6.04 Å². The van der Waals surface area contributed by atoms with Crippen molar-refractivity contribution in [3.05, 3.63) is 64.2 Å². The molecular weight excluding hydrogens is 414 g/mol. The van der Waals surface area contributed by atoms with Gasteiger partial charge in [-0.3, -0.25) is 14.4 Å². The number of carbonyl (C=O) groups excluding carboxylic acids is 3. The standard InChI is InChI=1S/C24H26ClN3O3/c1-16(29)26-21-10-7-18-14-22(24(31)27-11-3-2-4-12-27)28(15-19(18)13-21)23(30)17-5-8-20(25)9-6-17/h5-10,13,22H,2-4,11-12,14-15H2,1H3,(H,26,29). The molecule has 31 heavy (non-hydrogen) atoms. The predicted octanol–water partition coefficient (Wildman–Crippen LogP) is 3.88. The van der Waals surface area contributed by atoms with Crippen molar-refractivity contribution in [2.24, 2.45) is 0 Å². The van der Waals surface area contributed by atoms with E-state index in [-0.39, 0.29) is 17.7 Å². The number of hydrogen-bond acceptors (Lipinski definition) is 3. The molecule has 1 atom stereocenters. The van der Waals surface area contributed by atoms with E-state index in [2.05, 4.69) is 5.32 Å². The van der Waals surface area contributed by atoms with Crippen molar-refractivity contribution >= 4 is 35.0 Å². The number of halogens is 1. The molecular formula is C24H26ClN3O3. The van der Waals surface area contributed by atoms with Gasteiger partial charge in [-0.15, -0.1) is 0 Å². The molecule has 0 radical (unpaired) electrons. The van der Waals surface area contributed by atoms with Crippen molar-refractivity contribution in [1.82, 2.24) is 9.80 Å². The summed E-state index contributed by atoms with van der Waals surface area (Å²) in [7, 11) is 0. The van der Waals surface area contributed by atoms with Crippen molar-refractivity contribution in [3.8, 4) is 0 Å². The highest BCUT2D eigenvalue weighted by molar-refractivity contribution is 6.30. The molecule has 162 valence electrons. The van der Waals surface area contributed by atoms with Crippen LogP contribution in [0.15, 0.2) is 42.5 Å². The SMILES string of the molecule is CC(=O)Nc1ccc2c(c1)CN(C(=O)c1ccc(Cl)cc1)C(C(=O)N1CCCCC1)C2. The highest BCUT2D eigenvalue weighted by atomic mass is 35.5. The Morgan fingerprint density at radius 2 is 1.68 bits per heavy atom. The van der Waals surface area contributed by atoms with Crippen LogP contribution in [0.25, 0.3) is 0 Å². The number of fused-ring (bicyclic) bond motifs is 1. The van der Waals surface area contributed by atoms with Crippen LogP contribution in [-0.2, 0) is 22.6 Å². The third-order valence-electron chi connectivity index (χ3n) is 5.96. The zero-order valence-electron chi connectivity index (χ0n) is 17.6. The minimum atomic E-state index is -0.541. The zero-order valence-corrected chi connectivity index (χ0v) is 18.3. The van der Waals surface area contributed by atoms with Crippen LogP contribution in [0.3, 0.4) is 0 Å². The summed E-state index contributed by atoms with van der Waals surface area (Å²) in [6, 6.07) is 11.9. The molecule has 2 aromatic rings. The Morgan fingerprint density at radius 1 is 0.968 bits per heavy atom. The summed E-state index contributed by atoms with van der Waals surface area (Å²) in [5, 5.41) is 3.35. The van der Waals surface area contributed by atoms with Gasteiger partial charge >= 0.3 is 0 Å². The van der Waals surface area contributed by atoms with Crippen LogP contribution < -0.4 is 5.32 Å². The Hall–Kier alpha value is -2.86. The van der Waals surface area contributed by atoms with E-state index in [4.69, 9.17) is 11.6 Å². The van der Waals surface area contributed by atoms with Crippen molar-refractivity contribution in [3.63, 3.8) is 0 Å². The van der Waals surface area contributed by atoms with Crippen LogP contribution in [0.5, 0.6) is 0 Å². The lowest BCUT2D eigenvalue weighted by Crippen LogP contribution is -2.54. The second kappa shape index (κ2) is 9.10. The Kier molecular flexibility index (Phi) is 6.28. The minimum Gasteiger partial charge on any atom is -0.341 e. The molecule has 1 N–H and O–H groups in total. The summed E-state index contributed by atoms with van der Waals surface area (Å²) >= 11 is 5.99. The molecule has 6 nitrogen and oxygen atoms in total. The maximum atomic E-state index is 13.4. The summed E-state index contributed by atoms with van der Waals surface area (Å²) in [5.74, 6) is -0.329. The number of nitrogens with zero attached hydrogens (tertiary/aromatic N) is 2. The van der Waals surface area contributed by atoms with E-state index in [0.29, 0.717) is 29.2 Å². The van der Waals surface area contributed by atoms with Crippen LogP contribution >= 0.6 is 11.6 Å². The number of rotatable bonds is 3. The topological polar surface area (TPSA) is 69.7 Å². The highest BCUT2D eigenvalue weighted by Crippen LogP contribution is 2.29. The van der Waals surface area contributed by atoms with Gasteiger partial charge in [-0.1, -0.05) is 17.7 Å². The highest BCUT2D eigenvalue weighted by Gasteiger charge is 2.37. The molecule has 4 rings (SSSR count). The van der Waals surface area contributed by atoms with E-state index in [1.54, 1.807) is 29.2 Å². The number of benzene rings is 2. The van der Waals surface area contributed by atoms with E-state index in [9.17, 15) is 14.4 Å². The van der Waals surface area contributed by atoms with E-state index >= 15 is 0 Å². The van der Waals surface area contributed by atoms with Gasteiger partial charge in [0.2, 0.25) is 11.8 Å². The lowest BCUT2D eigenvalue weighted by molar-refractivity contribution is -0.137. The molecule has 0 aliphatic carbocycles. The fraction of sp³-hybridized carbons (Fsp3) is 0.375. The van der Waals surface area contributed by atoms with Gasteiger partial charge in [0, 0.05) is 49.3 Å². The molecule has 3 amide bonds. The Bertz CT molecular complexity index is 1000. The van der Waals surface area contributed by atoms with Crippen LogP contribution in [0.2, 0.25) is 5.02 Å². The number of carbonyl (C=O) groups is 3. The quantitative estimate of drug-likeness (QED) is 0.789. The first-order valence-electron chi connectivity index (χ1n) is 10.7. The molecule has 2 aromatic carbocycles. The average molecular weight is 440 g/mol. The molecule has 1 unspecified atom stereocenters. The first kappa shape index (κ1) is 21.4. The lowest BCUT2D eigenvalue weighted by Gasteiger charge is -2.39. The zero-order chi connectivity index (χ0) is 22.0. The van der Waals surface area contributed by atoms with Crippen LogP contribution in [0.4, 0.5) is 5.69 Å². The van der Waals surface area contributed by atoms with Gasteiger partial charge in [-0.05, 0) is 66.8 Å². The van der Waals surface area contributed by atoms with Gasteiger partial charge in [0.1, 0.15) is 6.04 Å². The first-order valence-corrected chi connectivity index (χ1v) is 11.0. The van der Waals surface area contributed by atoms with Crippen molar-refractivity contribution in [2.45, 2.75) is 45.2 Å². The number of nitrogens with one attached hydrogen (secondary N) is 1. The Labute approximate surface area is 187 Å². The molecule has 0 bridgehead atoms. The van der Waals surface area contributed by atoms with E-state index in [1.165, 1.54) is 6.92 Å². The molecule has 2 aliphatic rings. The number of piperidine rings is 1. The fourth-order valence-electron chi connectivity index (χ4n) is 4.38. The second-order valence-corrected chi connectivity index (χ2v) is 8.65. The normalized spacial score (nSPS) is 18.3. The smallest absolute Gasteiger partial charge is 0.254 e. The monoisotopic (exact) mass is 439 g/mol. The molecule has 0 spiro atoms. The van der Waals surface area contributed by atoms with Gasteiger partial charge in [0.15, 0.2) is 0 Å². The summed E-state index contributed by atoms with van der Waals surface area (Å²) in [5.41, 5.74) is 3.16. The summed E-state index contributed by atoms with van der Waals surface area (Å²) in [6.07, 6.45) is 3.60. The van der Waals surface area contributed by atoms with E-state index in [0.717, 1.165) is 43.5 Å². The largest absolute Gasteiger partial charge is 0.341 e. The molecule has 2 heterocycles. The molecule has 0 aromatic heterocycles. The first-order chi connectivity index (χ1) is 14.9. The average Bonchev–Trinajstić information content (AvgIpc) is 2.78. The third kappa shape index (κ3) is 4.74. The number of likely N-dealkylation sites (tertiary alicyclic amines) is 1. The van der Waals surface area contributed by atoms with Crippen LogP contribution in [0, 0.1) is 0 Å². The number of amides is 3. The molecule has 2 aliphatic heterocycles. The predicted molar refractivity (Wildman–Crippen MR) is 120 cm³/mol. The molecule has 1 saturated heterocycles. The second-order valence-electron chi connectivity index (χ2n) is 8.21. The van der Waals surface area contributed by atoms with Gasteiger partial charge in [-0.2, -0.15) is 0 Å². The summed E-state index contributed by atoms with van der Waals surface area (Å²) < 4.78 is 0. The minimum absolute atomic E-state index is 0.0126. The lowest BCUT2D eigenvalue weighted by atomic mass is 9.91. The maximum Gasteiger partial charge on any atom is 0.254 e. The summed E-state index contributed by atoms with van der Waals surface area (Å²) in [6.45, 7) is 3.26. The van der Waals surface area contributed by atoms with Crippen molar-refractivity contribution < 1.29 is 14.4 Å². The fourth-order valence-corrected chi connectivity index (χ4v) is 4.51.